The molecule has 5 aliphatic carbocycles. The first kappa shape index (κ1) is 31.2. The van der Waals surface area contributed by atoms with Gasteiger partial charge in [0.1, 0.15) is 15.7 Å². The molecule has 6 heteroatoms. The van der Waals surface area contributed by atoms with Crippen LogP contribution in [0.3, 0.4) is 0 Å². The first-order chi connectivity index (χ1) is 23.2. The third-order valence-electron chi connectivity index (χ3n) is 12.0. The van der Waals surface area contributed by atoms with Gasteiger partial charge >= 0.3 is 0 Å². The van der Waals surface area contributed by atoms with Gasteiger partial charge in [-0.3, -0.25) is 4.90 Å². The SMILES string of the molecule is [B]c1c(S)c(C2(c3ccccc3)C(C3=CC4=C(CC3)C3=C(CCC=C3)C4)N2C)c([B])c2c1-c1c(S)c(C3=CC=CCC3)c(C)c(S)c1C2. The summed E-state index contributed by atoms with van der Waals surface area (Å²) in [4.78, 5) is 5.24. The van der Waals surface area contributed by atoms with Crippen LogP contribution in [0.4, 0.5) is 0 Å². The van der Waals surface area contributed by atoms with Gasteiger partial charge in [-0.05, 0) is 138 Å². The van der Waals surface area contributed by atoms with E-state index in [0.29, 0.717) is 11.9 Å². The van der Waals surface area contributed by atoms with Gasteiger partial charge in [-0.25, -0.2) is 0 Å². The van der Waals surface area contributed by atoms with Crippen LogP contribution in [0.2, 0.25) is 0 Å². The van der Waals surface area contributed by atoms with Gasteiger partial charge in [0.25, 0.3) is 0 Å². The number of rotatable bonds is 4. The highest BCUT2D eigenvalue weighted by Gasteiger charge is 2.65. The molecule has 48 heavy (non-hydrogen) atoms. The summed E-state index contributed by atoms with van der Waals surface area (Å²) >= 11 is 15.7. The minimum Gasteiger partial charge on any atom is -0.282 e. The molecule has 0 spiro atoms. The van der Waals surface area contributed by atoms with Crippen molar-refractivity contribution >= 4 is 70.1 Å². The lowest BCUT2D eigenvalue weighted by Crippen LogP contribution is -2.34. The maximum atomic E-state index is 7.44. The van der Waals surface area contributed by atoms with E-state index in [9.17, 15) is 0 Å². The molecule has 3 atom stereocenters. The Hall–Kier alpha value is -2.76. The zero-order valence-electron chi connectivity index (χ0n) is 27.5. The molecule has 1 heterocycles. The van der Waals surface area contributed by atoms with Gasteiger partial charge < -0.3 is 0 Å². The van der Waals surface area contributed by atoms with Crippen molar-refractivity contribution in [2.75, 3.05) is 7.05 Å². The molecule has 3 aromatic rings. The average Bonchev–Trinajstić information content (AvgIpc) is 3.37. The second-order valence-corrected chi connectivity index (χ2v) is 15.6. The van der Waals surface area contributed by atoms with E-state index in [1.54, 1.807) is 11.1 Å². The maximum absolute atomic E-state index is 7.44. The quantitative estimate of drug-likeness (QED) is 0.112. The van der Waals surface area contributed by atoms with Gasteiger partial charge in [0, 0.05) is 14.7 Å². The molecule has 9 rings (SSSR count). The molecule has 3 unspecified atom stereocenters. The summed E-state index contributed by atoms with van der Waals surface area (Å²) < 4.78 is 0. The normalized spacial score (nSPS) is 25.1. The van der Waals surface area contributed by atoms with Crippen molar-refractivity contribution in [1.82, 2.24) is 4.90 Å². The van der Waals surface area contributed by atoms with E-state index < -0.39 is 5.54 Å². The van der Waals surface area contributed by atoms with Gasteiger partial charge in [-0.2, -0.15) is 0 Å². The Bertz CT molecular complexity index is 2170. The molecule has 0 N–H and O–H groups in total. The molecule has 1 fully saturated rings. The minimum absolute atomic E-state index is 0.164. The summed E-state index contributed by atoms with van der Waals surface area (Å²) in [7, 11) is 16.9. The molecule has 1 aliphatic heterocycles. The zero-order chi connectivity index (χ0) is 33.1. The predicted molar refractivity (Wildman–Crippen MR) is 211 cm³/mol. The van der Waals surface area contributed by atoms with Crippen LogP contribution >= 0.6 is 37.9 Å². The van der Waals surface area contributed by atoms with Gasteiger partial charge in [-0.15, -0.1) is 37.9 Å². The number of nitrogens with zero attached hydrogens (tertiary/aromatic N) is 1. The van der Waals surface area contributed by atoms with Crippen LogP contribution in [0.15, 0.2) is 109 Å². The van der Waals surface area contributed by atoms with Crippen LogP contribution in [-0.2, 0) is 12.0 Å². The fourth-order valence-corrected chi connectivity index (χ4v) is 11.1. The highest BCUT2D eigenvalue weighted by atomic mass is 32.1. The van der Waals surface area contributed by atoms with Crippen LogP contribution in [0.1, 0.15) is 78.3 Å². The van der Waals surface area contributed by atoms with E-state index in [2.05, 4.69) is 85.7 Å². The van der Waals surface area contributed by atoms with Crippen molar-refractivity contribution < 1.29 is 0 Å². The number of benzene rings is 3. The molecule has 3 aromatic carbocycles. The second kappa shape index (κ2) is 11.4. The molecular weight excluding hydrogens is 636 g/mol. The van der Waals surface area contributed by atoms with Gasteiger partial charge in [0.05, 0.1) is 11.6 Å². The first-order valence-corrected chi connectivity index (χ1v) is 18.6. The van der Waals surface area contributed by atoms with E-state index >= 15 is 0 Å². The Morgan fingerprint density at radius 2 is 1.60 bits per heavy atom. The molecular formula is C42H37B2NS3. The summed E-state index contributed by atoms with van der Waals surface area (Å²) in [5.41, 5.74) is 18.8. The lowest BCUT2D eigenvalue weighted by atomic mass is 9.70. The molecule has 0 saturated carbocycles. The van der Waals surface area contributed by atoms with Crippen LogP contribution < -0.4 is 10.9 Å². The predicted octanol–water partition coefficient (Wildman–Crippen LogP) is 8.38. The van der Waals surface area contributed by atoms with Crippen molar-refractivity contribution in [3.05, 3.63) is 128 Å². The van der Waals surface area contributed by atoms with Crippen molar-refractivity contribution in [2.45, 2.75) is 84.6 Å². The zero-order valence-corrected chi connectivity index (χ0v) is 30.2. The monoisotopic (exact) mass is 673 g/mol. The van der Waals surface area contributed by atoms with Crippen molar-refractivity contribution in [3.8, 4) is 11.1 Å². The molecule has 0 aromatic heterocycles. The molecule has 4 radical (unpaired) electrons. The summed E-state index contributed by atoms with van der Waals surface area (Å²) in [6.45, 7) is 2.17. The van der Waals surface area contributed by atoms with E-state index in [1.165, 1.54) is 45.4 Å². The molecule has 0 amide bonds. The number of hydrogen-bond acceptors (Lipinski definition) is 4. The third-order valence-corrected chi connectivity index (χ3v) is 13.5. The fraction of sp³-hybridized carbons (Fsp3) is 0.286. The highest BCUT2D eigenvalue weighted by molar-refractivity contribution is 7.81. The number of thiol groups is 3. The van der Waals surface area contributed by atoms with E-state index in [-0.39, 0.29) is 6.04 Å². The number of allylic oxidation sites excluding steroid dienone is 11. The molecule has 1 saturated heterocycles. The Kier molecular flexibility index (Phi) is 7.41. The number of hydrogen-bond donors (Lipinski definition) is 3. The first-order valence-electron chi connectivity index (χ1n) is 17.2. The summed E-state index contributed by atoms with van der Waals surface area (Å²) in [6.07, 6.45) is 22.1. The van der Waals surface area contributed by atoms with Gasteiger partial charge in [-0.1, -0.05) is 83.3 Å². The van der Waals surface area contributed by atoms with Crippen LogP contribution in [-0.4, -0.2) is 33.7 Å². The smallest absolute Gasteiger partial charge is 0.116 e. The standard InChI is InChI=1S/C42H37B2NS3/c1-22-32(23-11-5-3-6-12-23)39(47)34-31(38(22)46)21-30-33(34)37(44)40(48)35(36(30)43)42(27-14-7-4-8-15-27)41(45(42)2)25-17-18-29-26(20-25)19-24-13-9-10-16-28(24)29/h3-5,7-8,10-11,14-16,20,41,46-48H,6,9,12-13,17-19,21H2,1-2H3. The Morgan fingerprint density at radius 1 is 0.812 bits per heavy atom. The number of likely N-dealkylation sites (N-methyl/N-ethyl adjacent to an activating group) is 1. The van der Waals surface area contributed by atoms with E-state index in [0.717, 1.165) is 86.5 Å². The Labute approximate surface area is 304 Å². The highest BCUT2D eigenvalue weighted by Crippen LogP contribution is 2.60. The second-order valence-electron chi connectivity index (χ2n) is 14.3. The summed E-state index contributed by atoms with van der Waals surface area (Å²) in [5, 5.41) is 0. The Morgan fingerprint density at radius 3 is 2.38 bits per heavy atom. The molecule has 1 nitrogen and oxygen atoms in total. The molecule has 0 bridgehead atoms. The summed E-state index contributed by atoms with van der Waals surface area (Å²) in [5.74, 6) is 0. The van der Waals surface area contributed by atoms with Crippen molar-refractivity contribution in [1.29, 1.82) is 0 Å². The fourth-order valence-electron chi connectivity index (χ4n) is 9.79. The van der Waals surface area contributed by atoms with Crippen LogP contribution in [0, 0.1) is 6.92 Å². The van der Waals surface area contributed by atoms with Crippen LogP contribution in [0.5, 0.6) is 0 Å². The van der Waals surface area contributed by atoms with E-state index in [1.807, 2.05) is 0 Å². The van der Waals surface area contributed by atoms with Crippen LogP contribution in [0.25, 0.3) is 16.7 Å². The molecule has 6 aliphatic rings. The molecule has 234 valence electrons. The average molecular weight is 674 g/mol. The van der Waals surface area contributed by atoms with Gasteiger partial charge in [0.2, 0.25) is 0 Å². The summed E-state index contributed by atoms with van der Waals surface area (Å²) in [6, 6.07) is 11.0. The lowest BCUT2D eigenvalue weighted by Gasteiger charge is -2.28. The maximum Gasteiger partial charge on any atom is 0.116 e. The Balaban J connectivity index is 1.21. The minimum atomic E-state index is -0.469. The van der Waals surface area contributed by atoms with E-state index in [4.69, 9.17) is 53.6 Å². The lowest BCUT2D eigenvalue weighted by molar-refractivity contribution is 0.532. The van der Waals surface area contributed by atoms with Crippen molar-refractivity contribution in [2.24, 2.45) is 0 Å². The van der Waals surface area contributed by atoms with Gasteiger partial charge in [0.15, 0.2) is 0 Å². The van der Waals surface area contributed by atoms with Crippen molar-refractivity contribution in [3.63, 3.8) is 0 Å². The number of fused-ring (bicyclic) bond motifs is 4. The largest absolute Gasteiger partial charge is 0.282 e. The topological polar surface area (TPSA) is 3.01 Å². The third kappa shape index (κ3) is 4.22.